The standard InChI is InChI=1S/C22H28N2O4S.ClH/c1-23(22(26)14-17-8-10-20(11-9-17)29(2,27)28)21(18-6-4-3-5-7-18)16-24-13-12-19(25)15-24;/h3-11,19,21,25H,12-16H2,1-2H3;1H/t19-,21+;/m0./s1. The Morgan fingerprint density at radius 1 is 1.17 bits per heavy atom. The van der Waals surface area contributed by atoms with Crippen LogP contribution in [-0.2, 0) is 21.1 Å². The molecule has 1 saturated heterocycles. The molecule has 0 radical (unpaired) electrons. The maximum atomic E-state index is 13.0. The molecule has 1 N–H and O–H groups in total. The fourth-order valence-electron chi connectivity index (χ4n) is 3.68. The molecule has 6 nitrogen and oxygen atoms in total. The molecular weight excluding hydrogens is 424 g/mol. The van der Waals surface area contributed by atoms with Crippen LogP contribution in [-0.4, -0.2) is 68.3 Å². The summed E-state index contributed by atoms with van der Waals surface area (Å²) in [5.41, 5.74) is 1.83. The van der Waals surface area contributed by atoms with E-state index in [9.17, 15) is 18.3 Å². The van der Waals surface area contributed by atoms with Gasteiger partial charge in [-0.3, -0.25) is 9.69 Å². The maximum Gasteiger partial charge on any atom is 0.227 e. The fraction of sp³-hybridized carbons (Fsp3) is 0.409. The Balaban J connectivity index is 0.00000320. The number of hydrogen-bond donors (Lipinski definition) is 1. The first-order valence-corrected chi connectivity index (χ1v) is 11.6. The highest BCUT2D eigenvalue weighted by Gasteiger charge is 2.28. The van der Waals surface area contributed by atoms with Crippen LogP contribution in [0.4, 0.5) is 0 Å². The molecule has 8 heteroatoms. The number of benzene rings is 2. The summed E-state index contributed by atoms with van der Waals surface area (Å²) in [7, 11) is -1.45. The van der Waals surface area contributed by atoms with Crippen molar-refractivity contribution in [2.24, 2.45) is 0 Å². The minimum Gasteiger partial charge on any atom is -0.392 e. The van der Waals surface area contributed by atoms with Crippen molar-refractivity contribution in [3.8, 4) is 0 Å². The number of carbonyl (C=O) groups is 1. The Morgan fingerprint density at radius 3 is 2.33 bits per heavy atom. The van der Waals surface area contributed by atoms with Crippen LogP contribution >= 0.6 is 12.4 Å². The molecule has 164 valence electrons. The van der Waals surface area contributed by atoms with Crippen LogP contribution in [0.5, 0.6) is 0 Å². The number of β-amino-alcohol motifs (C(OH)–C–C–N with tert-alkyl or cyclic N) is 1. The number of nitrogens with zero attached hydrogens (tertiary/aromatic N) is 2. The van der Waals surface area contributed by atoms with Gasteiger partial charge in [0.15, 0.2) is 9.84 Å². The fourth-order valence-corrected chi connectivity index (χ4v) is 4.31. The van der Waals surface area contributed by atoms with E-state index >= 15 is 0 Å². The predicted octanol–water partition coefficient (Wildman–Crippen LogP) is 2.32. The van der Waals surface area contributed by atoms with Gasteiger partial charge in [-0.1, -0.05) is 42.5 Å². The van der Waals surface area contributed by atoms with Gasteiger partial charge in [0.1, 0.15) is 0 Å². The largest absolute Gasteiger partial charge is 0.392 e. The topological polar surface area (TPSA) is 77.9 Å². The lowest BCUT2D eigenvalue weighted by Gasteiger charge is -2.32. The summed E-state index contributed by atoms with van der Waals surface area (Å²) >= 11 is 0. The lowest BCUT2D eigenvalue weighted by Crippen LogP contribution is -2.39. The van der Waals surface area contributed by atoms with Gasteiger partial charge in [0.05, 0.1) is 23.5 Å². The van der Waals surface area contributed by atoms with Gasteiger partial charge in [0, 0.05) is 32.9 Å². The van der Waals surface area contributed by atoms with Crippen molar-refractivity contribution in [2.45, 2.75) is 29.9 Å². The first-order valence-electron chi connectivity index (χ1n) is 9.74. The van der Waals surface area contributed by atoms with Crippen LogP contribution in [0.15, 0.2) is 59.5 Å². The van der Waals surface area contributed by atoms with E-state index in [2.05, 4.69) is 4.90 Å². The third kappa shape index (κ3) is 6.28. The summed E-state index contributed by atoms with van der Waals surface area (Å²) in [5, 5.41) is 9.84. The number of hydrogen-bond acceptors (Lipinski definition) is 5. The molecule has 0 bridgehead atoms. The number of carbonyl (C=O) groups excluding carboxylic acids is 1. The molecule has 1 aliphatic heterocycles. The highest BCUT2D eigenvalue weighted by Crippen LogP contribution is 2.24. The van der Waals surface area contributed by atoms with Gasteiger partial charge in [0.25, 0.3) is 0 Å². The van der Waals surface area contributed by atoms with E-state index in [4.69, 9.17) is 0 Å². The van der Waals surface area contributed by atoms with Gasteiger partial charge in [0.2, 0.25) is 5.91 Å². The maximum absolute atomic E-state index is 13.0. The molecule has 0 aromatic heterocycles. The van der Waals surface area contributed by atoms with Crippen LogP contribution < -0.4 is 0 Å². The second-order valence-corrected chi connectivity index (χ2v) is 9.74. The number of aliphatic hydroxyl groups is 1. The zero-order chi connectivity index (χ0) is 21.0. The van der Waals surface area contributed by atoms with Crippen molar-refractivity contribution >= 4 is 28.2 Å². The van der Waals surface area contributed by atoms with Gasteiger partial charge < -0.3 is 10.0 Å². The van der Waals surface area contributed by atoms with E-state index in [-0.39, 0.29) is 41.8 Å². The van der Waals surface area contributed by atoms with Crippen LogP contribution in [0.2, 0.25) is 0 Å². The lowest BCUT2D eigenvalue weighted by atomic mass is 10.0. The van der Waals surface area contributed by atoms with Gasteiger partial charge in [-0.2, -0.15) is 0 Å². The van der Waals surface area contributed by atoms with Crippen LogP contribution in [0, 0.1) is 0 Å². The quantitative estimate of drug-likeness (QED) is 0.697. The summed E-state index contributed by atoms with van der Waals surface area (Å²) < 4.78 is 23.2. The molecule has 0 unspecified atom stereocenters. The number of likely N-dealkylation sites (N-methyl/N-ethyl adjacent to an activating group) is 1. The van der Waals surface area contributed by atoms with Gasteiger partial charge in [-0.15, -0.1) is 12.4 Å². The second-order valence-electron chi connectivity index (χ2n) is 7.73. The third-order valence-electron chi connectivity index (χ3n) is 5.43. The van der Waals surface area contributed by atoms with Gasteiger partial charge in [-0.05, 0) is 29.7 Å². The molecule has 1 aliphatic rings. The molecular formula is C22H29ClN2O4S. The van der Waals surface area contributed by atoms with Crippen LogP contribution in [0.1, 0.15) is 23.6 Å². The van der Waals surface area contributed by atoms with Crippen molar-refractivity contribution in [1.29, 1.82) is 0 Å². The minimum atomic E-state index is -3.25. The van der Waals surface area contributed by atoms with Crippen molar-refractivity contribution < 1.29 is 18.3 Å². The number of amides is 1. The third-order valence-corrected chi connectivity index (χ3v) is 6.56. The Hall–Kier alpha value is -1.93. The highest BCUT2D eigenvalue weighted by molar-refractivity contribution is 7.90. The van der Waals surface area contributed by atoms with Crippen molar-refractivity contribution in [2.75, 3.05) is 32.9 Å². The molecule has 1 fully saturated rings. The van der Waals surface area contributed by atoms with E-state index < -0.39 is 9.84 Å². The number of halogens is 1. The average molecular weight is 453 g/mol. The Bertz CT molecular complexity index is 935. The first kappa shape index (κ1) is 24.3. The molecule has 2 aromatic carbocycles. The average Bonchev–Trinajstić information content (AvgIpc) is 3.11. The first-order chi connectivity index (χ1) is 13.7. The van der Waals surface area contributed by atoms with Gasteiger partial charge in [-0.25, -0.2) is 8.42 Å². The molecule has 1 amide bonds. The molecule has 1 heterocycles. The smallest absolute Gasteiger partial charge is 0.227 e. The molecule has 30 heavy (non-hydrogen) atoms. The van der Waals surface area contributed by atoms with Crippen LogP contribution in [0.3, 0.4) is 0 Å². The summed E-state index contributed by atoms with van der Waals surface area (Å²) in [4.78, 5) is 17.2. The SMILES string of the molecule is CN(C(=O)Cc1ccc(S(C)(=O)=O)cc1)[C@H](CN1CC[C@H](O)C1)c1ccccc1.Cl. The van der Waals surface area contributed by atoms with Crippen LogP contribution in [0.25, 0.3) is 0 Å². The predicted molar refractivity (Wildman–Crippen MR) is 120 cm³/mol. The summed E-state index contributed by atoms with van der Waals surface area (Å²) in [5.74, 6) is -0.0364. The van der Waals surface area contributed by atoms with Gasteiger partial charge >= 0.3 is 0 Å². The van der Waals surface area contributed by atoms with Crippen molar-refractivity contribution in [3.63, 3.8) is 0 Å². The van der Waals surface area contributed by atoms with Crippen molar-refractivity contribution in [3.05, 3.63) is 65.7 Å². The Kier molecular flexibility index (Phi) is 8.43. The number of likely N-dealkylation sites (tertiary alicyclic amines) is 1. The summed E-state index contributed by atoms with van der Waals surface area (Å²) in [6.45, 7) is 2.11. The van der Waals surface area contributed by atoms with E-state index in [0.717, 1.165) is 24.1 Å². The number of rotatable bonds is 7. The monoisotopic (exact) mass is 452 g/mol. The molecule has 0 spiro atoms. The molecule has 2 aromatic rings. The van der Waals surface area contributed by atoms with Crippen molar-refractivity contribution in [1.82, 2.24) is 9.80 Å². The second kappa shape index (κ2) is 10.4. The molecule has 0 saturated carbocycles. The minimum absolute atomic E-state index is 0. The van der Waals surface area contributed by atoms with E-state index in [1.54, 1.807) is 24.1 Å². The summed E-state index contributed by atoms with van der Waals surface area (Å²) in [6, 6.07) is 16.2. The highest BCUT2D eigenvalue weighted by atomic mass is 35.5. The Labute approximate surface area is 184 Å². The summed E-state index contributed by atoms with van der Waals surface area (Å²) in [6.07, 6.45) is 1.82. The number of sulfone groups is 1. The Morgan fingerprint density at radius 2 is 1.80 bits per heavy atom. The van der Waals surface area contributed by atoms with E-state index in [0.29, 0.717) is 13.1 Å². The number of aliphatic hydroxyl groups excluding tert-OH is 1. The molecule has 3 rings (SSSR count). The lowest BCUT2D eigenvalue weighted by molar-refractivity contribution is -0.131. The zero-order valence-electron chi connectivity index (χ0n) is 17.3. The molecule has 2 atom stereocenters. The van der Waals surface area contributed by atoms with E-state index in [1.165, 1.54) is 18.4 Å². The molecule has 0 aliphatic carbocycles. The zero-order valence-corrected chi connectivity index (χ0v) is 18.9. The normalized spacial score (nSPS) is 17.9. The van der Waals surface area contributed by atoms with E-state index in [1.807, 2.05) is 30.3 Å².